The van der Waals surface area contributed by atoms with Crippen molar-refractivity contribution in [2.75, 3.05) is 0 Å². The molecular weight excluding hydrogens is 168 g/mol. The fourth-order valence-electron chi connectivity index (χ4n) is 1.30. The lowest BCUT2D eigenvalue weighted by molar-refractivity contribution is -0.633. The monoisotopic (exact) mass is 176 g/mol. The number of rotatable bonds is 0. The summed E-state index contributed by atoms with van der Waals surface area (Å²) in [4.78, 5) is 0. The van der Waals surface area contributed by atoms with E-state index >= 15 is 0 Å². The minimum Gasteiger partial charge on any atom is -0.618 e. The van der Waals surface area contributed by atoms with E-state index in [0.29, 0.717) is 21.5 Å². The number of nitrogens with zero attached hydrogens (tertiary/aromatic N) is 2. The zero-order valence-corrected chi connectivity index (χ0v) is 7.10. The second-order valence-corrected chi connectivity index (χ2v) is 2.88. The Morgan fingerprint density at radius 1 is 1.08 bits per heavy atom. The first-order valence-corrected chi connectivity index (χ1v) is 3.91. The fraction of sp³-hybridized carbons (Fsp3) is 0.111. The Morgan fingerprint density at radius 3 is 2.38 bits per heavy atom. The van der Waals surface area contributed by atoms with Crippen molar-refractivity contribution in [1.82, 2.24) is 0 Å². The van der Waals surface area contributed by atoms with Gasteiger partial charge in [-0.05, 0) is 0 Å². The summed E-state index contributed by atoms with van der Waals surface area (Å²) in [6.45, 7) is 1.60. The molecule has 0 saturated carbocycles. The molecule has 4 heteroatoms. The van der Waals surface area contributed by atoms with E-state index in [2.05, 4.69) is 0 Å². The third-order valence-corrected chi connectivity index (χ3v) is 1.96. The van der Waals surface area contributed by atoms with Crippen LogP contribution in [0.15, 0.2) is 30.5 Å². The quantitative estimate of drug-likeness (QED) is 0.431. The van der Waals surface area contributed by atoms with Crippen LogP contribution in [0.5, 0.6) is 0 Å². The van der Waals surface area contributed by atoms with Gasteiger partial charge >= 0.3 is 0 Å². The summed E-state index contributed by atoms with van der Waals surface area (Å²) in [5, 5.41) is 22.8. The van der Waals surface area contributed by atoms with Gasteiger partial charge in [0.2, 0.25) is 6.20 Å². The maximum Gasteiger partial charge on any atom is 0.290 e. The van der Waals surface area contributed by atoms with Crippen LogP contribution in [-0.2, 0) is 0 Å². The predicted octanol–water partition coefficient (Wildman–Crippen LogP) is 0.415. The molecule has 0 unspecified atom stereocenters. The summed E-state index contributed by atoms with van der Waals surface area (Å²) in [6.07, 6.45) is 1.27. The third-order valence-electron chi connectivity index (χ3n) is 1.96. The molecule has 0 aliphatic carbocycles. The van der Waals surface area contributed by atoms with Gasteiger partial charge in [-0.3, -0.25) is 0 Å². The zero-order chi connectivity index (χ0) is 9.42. The van der Waals surface area contributed by atoms with Crippen molar-refractivity contribution >= 4 is 11.0 Å². The molecule has 1 aromatic carbocycles. The van der Waals surface area contributed by atoms with Gasteiger partial charge in [0.15, 0.2) is 0 Å². The second-order valence-electron chi connectivity index (χ2n) is 2.88. The molecule has 0 atom stereocenters. The van der Waals surface area contributed by atoms with E-state index < -0.39 is 0 Å². The highest BCUT2D eigenvalue weighted by molar-refractivity contribution is 5.67. The Morgan fingerprint density at radius 2 is 1.69 bits per heavy atom. The van der Waals surface area contributed by atoms with E-state index in [-0.39, 0.29) is 0 Å². The number of hydrogen-bond acceptors (Lipinski definition) is 2. The van der Waals surface area contributed by atoms with Crippen molar-refractivity contribution in [3.63, 3.8) is 0 Å². The smallest absolute Gasteiger partial charge is 0.290 e. The molecule has 13 heavy (non-hydrogen) atoms. The highest BCUT2D eigenvalue weighted by atomic mass is 16.5. The number of para-hydroxylation sites is 2. The molecule has 0 radical (unpaired) electrons. The molecule has 2 rings (SSSR count). The van der Waals surface area contributed by atoms with E-state index in [4.69, 9.17) is 0 Å². The first kappa shape index (κ1) is 7.79. The van der Waals surface area contributed by atoms with Crippen LogP contribution in [0.4, 0.5) is 0 Å². The molecule has 4 nitrogen and oxygen atoms in total. The molecule has 0 fully saturated rings. The third kappa shape index (κ3) is 1.07. The van der Waals surface area contributed by atoms with E-state index in [1.807, 2.05) is 0 Å². The van der Waals surface area contributed by atoms with Gasteiger partial charge in [0.1, 0.15) is 0 Å². The van der Waals surface area contributed by atoms with Crippen molar-refractivity contribution in [3.8, 4) is 0 Å². The molecule has 1 heterocycles. The van der Waals surface area contributed by atoms with Crippen LogP contribution >= 0.6 is 0 Å². The Kier molecular flexibility index (Phi) is 1.55. The summed E-state index contributed by atoms with van der Waals surface area (Å²) in [5.41, 5.74) is 1.19. The lowest BCUT2D eigenvalue weighted by Crippen LogP contribution is -2.40. The highest BCUT2D eigenvalue weighted by Gasteiger charge is 2.14. The molecule has 0 amide bonds. The Balaban J connectivity index is 2.97. The van der Waals surface area contributed by atoms with Gasteiger partial charge in [-0.25, -0.2) is 0 Å². The van der Waals surface area contributed by atoms with Crippen LogP contribution in [0.2, 0.25) is 0 Å². The minimum absolute atomic E-state index is 0.392. The lowest BCUT2D eigenvalue weighted by atomic mass is 10.3. The average molecular weight is 176 g/mol. The summed E-state index contributed by atoms with van der Waals surface area (Å²) in [7, 11) is 0. The van der Waals surface area contributed by atoms with E-state index in [1.54, 1.807) is 31.2 Å². The van der Waals surface area contributed by atoms with E-state index in [0.717, 1.165) is 4.73 Å². The Bertz CT molecular complexity index is 468. The van der Waals surface area contributed by atoms with Crippen molar-refractivity contribution in [2.45, 2.75) is 6.92 Å². The first-order chi connectivity index (χ1) is 6.20. The highest BCUT2D eigenvalue weighted by Crippen LogP contribution is 2.03. The summed E-state index contributed by atoms with van der Waals surface area (Å²) in [5.74, 6) is 0. The number of aryl methyl sites for hydroxylation is 1. The molecule has 1 aromatic heterocycles. The van der Waals surface area contributed by atoms with Gasteiger partial charge in [0.25, 0.3) is 16.7 Å². The topological polar surface area (TPSA) is 53.9 Å². The van der Waals surface area contributed by atoms with Crippen molar-refractivity contribution in [2.24, 2.45) is 0 Å². The van der Waals surface area contributed by atoms with Crippen LogP contribution in [-0.4, -0.2) is 0 Å². The van der Waals surface area contributed by atoms with Gasteiger partial charge < -0.3 is 10.4 Å². The van der Waals surface area contributed by atoms with Crippen molar-refractivity contribution < 1.29 is 9.46 Å². The zero-order valence-electron chi connectivity index (χ0n) is 7.10. The second kappa shape index (κ2) is 2.58. The van der Waals surface area contributed by atoms with Crippen LogP contribution in [0.3, 0.4) is 0 Å². The SMILES string of the molecule is Cc1c[n+]([O-])c2ccccc2[n+]1[O-]. The molecule has 2 aromatic rings. The molecular formula is C9H8N2O2. The first-order valence-electron chi connectivity index (χ1n) is 3.91. The fourth-order valence-corrected chi connectivity index (χ4v) is 1.30. The maximum absolute atomic E-state index is 11.4. The molecule has 0 spiro atoms. The van der Waals surface area contributed by atoms with Crippen LogP contribution in [0.25, 0.3) is 11.0 Å². The summed E-state index contributed by atoms with van der Waals surface area (Å²) >= 11 is 0. The van der Waals surface area contributed by atoms with Gasteiger partial charge in [0.05, 0.1) is 0 Å². The Hall–Kier alpha value is -1.84. The van der Waals surface area contributed by atoms with Gasteiger partial charge in [-0.2, -0.15) is 9.46 Å². The van der Waals surface area contributed by atoms with Crippen LogP contribution in [0.1, 0.15) is 5.69 Å². The van der Waals surface area contributed by atoms with Crippen molar-refractivity contribution in [1.29, 1.82) is 0 Å². The standard InChI is InChI=1S/C9H8N2O2/c1-7-6-10(12)8-4-2-3-5-9(8)11(7)13/h2-6H,1H3. The van der Waals surface area contributed by atoms with Gasteiger partial charge in [-0.1, -0.05) is 12.1 Å². The summed E-state index contributed by atoms with van der Waals surface area (Å²) < 4.78 is 1.46. The molecule has 0 aliphatic rings. The number of hydrogen-bond donors (Lipinski definition) is 0. The van der Waals surface area contributed by atoms with Crippen LogP contribution < -0.4 is 9.46 Å². The largest absolute Gasteiger partial charge is 0.618 e. The van der Waals surface area contributed by atoms with Crippen molar-refractivity contribution in [3.05, 3.63) is 46.6 Å². The van der Waals surface area contributed by atoms with E-state index in [9.17, 15) is 10.4 Å². The Labute approximate surface area is 74.8 Å². The normalized spacial score (nSPS) is 10.5. The average Bonchev–Trinajstić information content (AvgIpc) is 2.15. The molecule has 0 N–H and O–H groups in total. The van der Waals surface area contributed by atoms with Crippen LogP contribution in [0, 0.1) is 17.3 Å². The minimum atomic E-state index is 0.392. The summed E-state index contributed by atoms with van der Waals surface area (Å²) in [6, 6.07) is 6.71. The number of benzene rings is 1. The van der Waals surface area contributed by atoms with Gasteiger partial charge in [0, 0.05) is 19.1 Å². The van der Waals surface area contributed by atoms with Gasteiger partial charge in [-0.15, -0.1) is 0 Å². The maximum atomic E-state index is 11.4. The number of aromatic nitrogens is 2. The molecule has 66 valence electrons. The predicted molar refractivity (Wildman–Crippen MR) is 46.6 cm³/mol. The molecule has 0 bridgehead atoms. The lowest BCUT2D eigenvalue weighted by Gasteiger charge is -2.04. The van der Waals surface area contributed by atoms with E-state index in [1.165, 1.54) is 6.20 Å². The molecule has 0 aliphatic heterocycles. The number of fused-ring (bicyclic) bond motifs is 1. The molecule has 0 saturated heterocycles.